The maximum atomic E-state index is 12.0. The second kappa shape index (κ2) is 10.0. The lowest BCUT2D eigenvalue weighted by Gasteiger charge is -2.16. The predicted molar refractivity (Wildman–Crippen MR) is 91.9 cm³/mol. The largest absolute Gasteiger partial charge is 0.490 e. The Morgan fingerprint density at radius 1 is 1.25 bits per heavy atom. The smallest absolute Gasteiger partial charge is 0.308 e. The highest BCUT2D eigenvalue weighted by atomic mass is 35.5. The van der Waals surface area contributed by atoms with E-state index >= 15 is 0 Å². The highest BCUT2D eigenvalue weighted by Crippen LogP contribution is 2.26. The van der Waals surface area contributed by atoms with Gasteiger partial charge < -0.3 is 19.5 Å². The van der Waals surface area contributed by atoms with Gasteiger partial charge in [-0.2, -0.15) is 0 Å². The predicted octanol–water partition coefficient (Wildman–Crippen LogP) is 2.60. The summed E-state index contributed by atoms with van der Waals surface area (Å²) in [6.07, 6.45) is 1.50. The molecule has 1 atom stereocenters. The second-order valence-electron chi connectivity index (χ2n) is 5.50. The first kappa shape index (κ1) is 20.1. The molecular weight excluding hydrogens is 334 g/mol. The Kier molecular flexibility index (Phi) is 8.40. The molecule has 1 aliphatic rings. The van der Waals surface area contributed by atoms with Crippen LogP contribution in [0.3, 0.4) is 0 Å². The van der Waals surface area contributed by atoms with Gasteiger partial charge in [0.1, 0.15) is 0 Å². The molecule has 0 aromatic heterocycles. The van der Waals surface area contributed by atoms with Crippen LogP contribution in [0.2, 0.25) is 0 Å². The number of ether oxygens (including phenoxy) is 2. The second-order valence-corrected chi connectivity index (χ2v) is 5.50. The van der Waals surface area contributed by atoms with Gasteiger partial charge in [0, 0.05) is 19.5 Å². The van der Waals surface area contributed by atoms with Crippen molar-refractivity contribution in [3.63, 3.8) is 0 Å². The Labute approximate surface area is 148 Å². The Bertz CT molecular complexity index is 552. The van der Waals surface area contributed by atoms with Crippen molar-refractivity contribution in [1.29, 1.82) is 0 Å². The Morgan fingerprint density at radius 2 is 1.92 bits per heavy atom. The minimum absolute atomic E-state index is 0. The molecule has 7 heteroatoms. The van der Waals surface area contributed by atoms with E-state index in [-0.39, 0.29) is 18.3 Å². The summed E-state index contributed by atoms with van der Waals surface area (Å²) >= 11 is 0. The summed E-state index contributed by atoms with van der Waals surface area (Å²) in [6, 6.07) is 7.44. The summed E-state index contributed by atoms with van der Waals surface area (Å²) in [5.74, 6) is 0.124. The minimum Gasteiger partial charge on any atom is -0.490 e. The lowest BCUT2D eigenvalue weighted by molar-refractivity contribution is -0.141. The van der Waals surface area contributed by atoms with E-state index in [4.69, 9.17) is 14.6 Å². The Hall–Kier alpha value is -1.95. The zero-order valence-corrected chi connectivity index (χ0v) is 14.6. The maximum Gasteiger partial charge on any atom is 0.308 e. The number of carboxylic acids is 1. The van der Waals surface area contributed by atoms with Crippen LogP contribution in [0.15, 0.2) is 24.3 Å². The fraction of sp³-hybridized carbons (Fsp3) is 0.529. The first-order valence-corrected chi connectivity index (χ1v) is 7.97. The summed E-state index contributed by atoms with van der Waals surface area (Å²) in [4.78, 5) is 24.6. The number of likely N-dealkylation sites (tertiary alicyclic amines) is 1. The number of para-hydroxylation sites is 2. The van der Waals surface area contributed by atoms with Gasteiger partial charge in [-0.3, -0.25) is 9.59 Å². The molecule has 2 rings (SSSR count). The van der Waals surface area contributed by atoms with Gasteiger partial charge in [-0.1, -0.05) is 12.1 Å². The summed E-state index contributed by atoms with van der Waals surface area (Å²) in [6.45, 7) is 3.76. The van der Waals surface area contributed by atoms with Crippen LogP contribution in [0.25, 0.3) is 0 Å². The molecule has 0 aliphatic carbocycles. The first-order chi connectivity index (χ1) is 11.1. The Balaban J connectivity index is 0.00000288. The lowest BCUT2D eigenvalue weighted by atomic mass is 10.1. The van der Waals surface area contributed by atoms with Gasteiger partial charge in [-0.15, -0.1) is 12.4 Å². The van der Waals surface area contributed by atoms with E-state index in [1.165, 1.54) is 0 Å². The number of hydrogen-bond donors (Lipinski definition) is 1. The van der Waals surface area contributed by atoms with E-state index in [0.717, 1.165) is 0 Å². The van der Waals surface area contributed by atoms with E-state index < -0.39 is 11.9 Å². The zero-order valence-electron chi connectivity index (χ0n) is 13.8. The average molecular weight is 358 g/mol. The van der Waals surface area contributed by atoms with Crippen molar-refractivity contribution in [1.82, 2.24) is 4.90 Å². The molecule has 1 N–H and O–H groups in total. The fourth-order valence-corrected chi connectivity index (χ4v) is 2.60. The molecule has 0 radical (unpaired) electrons. The number of amides is 1. The third-order valence-corrected chi connectivity index (χ3v) is 3.83. The number of nitrogens with zero attached hydrogens (tertiary/aromatic N) is 1. The van der Waals surface area contributed by atoms with E-state index in [2.05, 4.69) is 0 Å². The molecule has 1 fully saturated rings. The van der Waals surface area contributed by atoms with Crippen LogP contribution < -0.4 is 9.47 Å². The van der Waals surface area contributed by atoms with Gasteiger partial charge in [0.15, 0.2) is 11.5 Å². The summed E-state index contributed by atoms with van der Waals surface area (Å²) in [5.41, 5.74) is 0. The number of benzene rings is 1. The molecule has 1 aliphatic heterocycles. The summed E-state index contributed by atoms with van der Waals surface area (Å²) < 4.78 is 11.1. The van der Waals surface area contributed by atoms with Crippen LogP contribution >= 0.6 is 12.4 Å². The number of carbonyl (C=O) groups excluding carboxylic acids is 1. The number of hydrogen-bond acceptors (Lipinski definition) is 4. The third-order valence-electron chi connectivity index (χ3n) is 3.83. The molecule has 1 heterocycles. The van der Waals surface area contributed by atoms with Crippen molar-refractivity contribution in [3.05, 3.63) is 24.3 Å². The highest BCUT2D eigenvalue weighted by molar-refractivity contribution is 5.85. The minimum atomic E-state index is -0.823. The van der Waals surface area contributed by atoms with Gasteiger partial charge in [-0.25, -0.2) is 0 Å². The number of carbonyl (C=O) groups is 2. The molecule has 0 spiro atoms. The van der Waals surface area contributed by atoms with Crippen molar-refractivity contribution in [2.75, 3.05) is 26.3 Å². The Morgan fingerprint density at radius 3 is 2.50 bits per heavy atom. The van der Waals surface area contributed by atoms with E-state index in [1.807, 2.05) is 31.2 Å². The van der Waals surface area contributed by atoms with Crippen LogP contribution in [0.1, 0.15) is 26.2 Å². The molecule has 1 aromatic rings. The van der Waals surface area contributed by atoms with E-state index in [0.29, 0.717) is 57.1 Å². The molecule has 1 unspecified atom stereocenters. The number of carboxylic acid groups (broad SMARTS) is 1. The normalized spacial score (nSPS) is 16.4. The van der Waals surface area contributed by atoms with Crippen LogP contribution in [-0.2, 0) is 9.59 Å². The number of halogens is 1. The van der Waals surface area contributed by atoms with Crippen molar-refractivity contribution >= 4 is 24.3 Å². The molecular formula is C17H24ClNO5. The quantitative estimate of drug-likeness (QED) is 0.724. The van der Waals surface area contributed by atoms with Gasteiger partial charge in [0.2, 0.25) is 5.91 Å². The van der Waals surface area contributed by atoms with Crippen molar-refractivity contribution in [3.8, 4) is 11.5 Å². The zero-order chi connectivity index (χ0) is 16.7. The first-order valence-electron chi connectivity index (χ1n) is 7.97. The van der Waals surface area contributed by atoms with Crippen LogP contribution in [0.5, 0.6) is 11.5 Å². The molecule has 6 nitrogen and oxygen atoms in total. The molecule has 24 heavy (non-hydrogen) atoms. The molecule has 0 bridgehead atoms. The number of aliphatic carboxylic acids is 1. The summed E-state index contributed by atoms with van der Waals surface area (Å²) in [7, 11) is 0. The average Bonchev–Trinajstić information content (AvgIpc) is 3.03. The van der Waals surface area contributed by atoms with E-state index in [9.17, 15) is 9.59 Å². The van der Waals surface area contributed by atoms with Crippen molar-refractivity contribution in [2.45, 2.75) is 26.2 Å². The van der Waals surface area contributed by atoms with Crippen LogP contribution in [-0.4, -0.2) is 48.2 Å². The third kappa shape index (κ3) is 5.60. The van der Waals surface area contributed by atoms with Gasteiger partial charge >= 0.3 is 5.97 Å². The molecule has 0 saturated carbocycles. The molecule has 134 valence electrons. The fourth-order valence-electron chi connectivity index (χ4n) is 2.60. The van der Waals surface area contributed by atoms with Gasteiger partial charge in [-0.05, 0) is 31.9 Å². The SMILES string of the molecule is CCOc1ccccc1OCCCC(=O)N1CCC(C(=O)O)C1.Cl. The molecule has 1 saturated heterocycles. The van der Waals surface area contributed by atoms with E-state index in [1.54, 1.807) is 4.90 Å². The van der Waals surface area contributed by atoms with Crippen molar-refractivity contribution < 1.29 is 24.2 Å². The van der Waals surface area contributed by atoms with Crippen LogP contribution in [0.4, 0.5) is 0 Å². The van der Waals surface area contributed by atoms with Crippen molar-refractivity contribution in [2.24, 2.45) is 5.92 Å². The topological polar surface area (TPSA) is 76.1 Å². The summed E-state index contributed by atoms with van der Waals surface area (Å²) in [5, 5.41) is 8.95. The molecule has 1 amide bonds. The van der Waals surface area contributed by atoms with Gasteiger partial charge in [0.25, 0.3) is 0 Å². The monoisotopic (exact) mass is 357 g/mol. The standard InChI is InChI=1S/C17H23NO5.ClH/c1-2-22-14-6-3-4-7-15(14)23-11-5-8-16(19)18-10-9-13(12-18)17(20)21;/h3-4,6-7,13H,2,5,8-12H2,1H3,(H,20,21);1H. The lowest BCUT2D eigenvalue weighted by Crippen LogP contribution is -2.30. The maximum absolute atomic E-state index is 12.0. The van der Waals surface area contributed by atoms with Gasteiger partial charge in [0.05, 0.1) is 19.1 Å². The van der Waals surface area contributed by atoms with Crippen LogP contribution in [0, 0.1) is 5.92 Å². The highest BCUT2D eigenvalue weighted by Gasteiger charge is 2.30. The molecule has 1 aromatic carbocycles. The number of rotatable bonds is 8.